The molecule has 0 unspecified atom stereocenters. The summed E-state index contributed by atoms with van der Waals surface area (Å²) < 4.78 is 93.5. The Morgan fingerprint density at radius 3 is 2.15 bits per heavy atom. The maximum Gasteiger partial charge on any atom is 0.574 e. The molecule has 112 valence electrons. The van der Waals surface area contributed by atoms with Crippen molar-refractivity contribution in [3.8, 4) is 5.88 Å². The van der Waals surface area contributed by atoms with Crippen LogP contribution in [-0.2, 0) is 10.9 Å². The number of pyridine rings is 1. The van der Waals surface area contributed by atoms with E-state index in [0.717, 1.165) is 0 Å². The second-order valence-corrected chi connectivity index (χ2v) is 3.21. The number of methoxy groups -OCH3 is 1. The average molecular weight is 307 g/mol. The average Bonchev–Trinajstić information content (AvgIpc) is 2.24. The van der Waals surface area contributed by atoms with Crippen LogP contribution in [0.25, 0.3) is 0 Å². The quantitative estimate of drug-likeness (QED) is 0.622. The number of rotatable bonds is 2. The van der Waals surface area contributed by atoms with Crippen molar-refractivity contribution < 1.29 is 45.0 Å². The Bertz CT molecular complexity index is 523. The first-order valence-corrected chi connectivity index (χ1v) is 4.57. The largest absolute Gasteiger partial charge is 0.574 e. The number of ether oxygens (including phenoxy) is 2. The van der Waals surface area contributed by atoms with Gasteiger partial charge in [-0.2, -0.15) is 13.2 Å². The minimum atomic E-state index is -5.47. The molecule has 1 rings (SSSR count). The van der Waals surface area contributed by atoms with Crippen LogP contribution < -0.4 is 4.74 Å². The van der Waals surface area contributed by atoms with Crippen molar-refractivity contribution in [3.05, 3.63) is 23.1 Å². The molecule has 0 radical (unpaired) electrons. The van der Waals surface area contributed by atoms with Crippen molar-refractivity contribution in [2.75, 3.05) is 7.11 Å². The Morgan fingerprint density at radius 1 is 1.20 bits per heavy atom. The van der Waals surface area contributed by atoms with Crippen molar-refractivity contribution in [1.29, 1.82) is 0 Å². The number of aromatic nitrogens is 1. The van der Waals surface area contributed by atoms with E-state index in [1.807, 2.05) is 0 Å². The fourth-order valence-corrected chi connectivity index (χ4v) is 1.11. The summed E-state index contributed by atoms with van der Waals surface area (Å²) in [6, 6.07) is -0.241. The van der Waals surface area contributed by atoms with Gasteiger partial charge in [-0.25, -0.2) is 14.2 Å². The molecule has 0 saturated heterocycles. The molecule has 0 aliphatic heterocycles. The van der Waals surface area contributed by atoms with Crippen molar-refractivity contribution in [3.63, 3.8) is 0 Å². The first kappa shape index (κ1) is 16.0. The van der Waals surface area contributed by atoms with Gasteiger partial charge in [-0.3, -0.25) is 0 Å². The van der Waals surface area contributed by atoms with Gasteiger partial charge in [0.05, 0.1) is 7.11 Å². The highest BCUT2D eigenvalue weighted by Gasteiger charge is 2.39. The zero-order chi connectivity index (χ0) is 15.7. The van der Waals surface area contributed by atoms with E-state index in [1.54, 1.807) is 0 Å². The van der Waals surface area contributed by atoms with Gasteiger partial charge in [0, 0.05) is 6.07 Å². The Morgan fingerprint density at radius 2 is 1.75 bits per heavy atom. The maximum absolute atomic E-state index is 13.4. The highest BCUT2D eigenvalue weighted by Crippen LogP contribution is 2.34. The molecule has 0 aromatic carbocycles. The molecule has 1 aromatic heterocycles. The molecule has 0 amide bonds. The lowest BCUT2D eigenvalue weighted by atomic mass is 10.2. The number of alkyl halides is 6. The van der Waals surface area contributed by atoms with Crippen molar-refractivity contribution in [2.24, 2.45) is 0 Å². The van der Waals surface area contributed by atoms with Crippen LogP contribution in [-0.4, -0.2) is 24.4 Å². The van der Waals surface area contributed by atoms with Crippen LogP contribution in [0.5, 0.6) is 5.88 Å². The summed E-state index contributed by atoms with van der Waals surface area (Å²) in [6.07, 6.45) is -10.7. The van der Waals surface area contributed by atoms with Gasteiger partial charge < -0.3 is 9.47 Å². The molecule has 1 aromatic rings. The van der Waals surface area contributed by atoms with E-state index < -0.39 is 41.5 Å². The van der Waals surface area contributed by atoms with Crippen LogP contribution in [0.15, 0.2) is 6.07 Å². The number of carbonyl (C=O) groups is 1. The van der Waals surface area contributed by atoms with Gasteiger partial charge in [-0.15, -0.1) is 13.2 Å². The lowest BCUT2D eigenvalue weighted by Gasteiger charge is -2.14. The van der Waals surface area contributed by atoms with Crippen LogP contribution >= 0.6 is 0 Å². The monoisotopic (exact) mass is 307 g/mol. The van der Waals surface area contributed by atoms with Crippen LogP contribution in [0, 0.1) is 5.82 Å². The third-order valence-electron chi connectivity index (χ3n) is 1.83. The molecule has 0 fully saturated rings. The number of halogens is 7. The van der Waals surface area contributed by atoms with Crippen molar-refractivity contribution in [2.45, 2.75) is 12.5 Å². The van der Waals surface area contributed by atoms with E-state index in [0.29, 0.717) is 7.11 Å². The molecule has 0 aliphatic rings. The second-order valence-electron chi connectivity index (χ2n) is 3.21. The standard InChI is InChI=1S/C9H4F7NO3/c1-19-7(18)5-3(10)2-4(8(11,12)13)17-6(5)20-9(14,15)16/h2H,1H3. The molecule has 0 aliphatic carbocycles. The van der Waals surface area contributed by atoms with Gasteiger partial charge in [0.1, 0.15) is 5.82 Å². The third kappa shape index (κ3) is 3.71. The van der Waals surface area contributed by atoms with E-state index in [1.165, 1.54) is 0 Å². The Hall–Kier alpha value is -2.07. The van der Waals surface area contributed by atoms with Gasteiger partial charge >= 0.3 is 18.5 Å². The lowest BCUT2D eigenvalue weighted by molar-refractivity contribution is -0.276. The zero-order valence-corrected chi connectivity index (χ0v) is 9.40. The number of nitrogens with zero attached hydrogens (tertiary/aromatic N) is 1. The molecular formula is C9H4F7NO3. The minimum Gasteiger partial charge on any atom is -0.465 e. The SMILES string of the molecule is COC(=O)c1c(F)cc(C(F)(F)F)nc1OC(F)(F)F. The van der Waals surface area contributed by atoms with Gasteiger partial charge in [0.25, 0.3) is 0 Å². The Balaban J connectivity index is 3.48. The van der Waals surface area contributed by atoms with Gasteiger partial charge in [-0.1, -0.05) is 0 Å². The molecule has 0 spiro atoms. The second kappa shape index (κ2) is 5.13. The van der Waals surface area contributed by atoms with E-state index >= 15 is 0 Å². The molecule has 0 bridgehead atoms. The maximum atomic E-state index is 13.4. The van der Waals surface area contributed by atoms with Gasteiger partial charge in [0.2, 0.25) is 5.88 Å². The summed E-state index contributed by atoms with van der Waals surface area (Å²) in [6.45, 7) is 0. The summed E-state index contributed by atoms with van der Waals surface area (Å²) in [5, 5.41) is 0. The Labute approximate surface area is 106 Å². The number of esters is 1. The number of carbonyl (C=O) groups excluding carboxylic acids is 1. The van der Waals surface area contributed by atoms with Gasteiger partial charge in [0.15, 0.2) is 11.3 Å². The predicted molar refractivity (Wildman–Crippen MR) is 47.2 cm³/mol. The van der Waals surface area contributed by atoms with Gasteiger partial charge in [-0.05, 0) is 0 Å². The third-order valence-corrected chi connectivity index (χ3v) is 1.83. The molecule has 0 saturated carbocycles. The summed E-state index contributed by atoms with van der Waals surface area (Å²) in [7, 11) is 0.691. The molecule has 1 heterocycles. The first-order valence-electron chi connectivity index (χ1n) is 4.57. The smallest absolute Gasteiger partial charge is 0.465 e. The molecule has 0 N–H and O–H groups in total. The number of hydrogen-bond donors (Lipinski definition) is 0. The predicted octanol–water partition coefficient (Wildman–Crippen LogP) is 2.92. The summed E-state index contributed by atoms with van der Waals surface area (Å²) in [5.41, 5.74) is -3.47. The van der Waals surface area contributed by atoms with E-state index in [9.17, 15) is 35.5 Å². The fraction of sp³-hybridized carbons (Fsp3) is 0.333. The highest BCUT2D eigenvalue weighted by molar-refractivity contribution is 5.92. The van der Waals surface area contributed by atoms with Crippen LogP contribution in [0.4, 0.5) is 30.7 Å². The van der Waals surface area contributed by atoms with E-state index in [-0.39, 0.29) is 6.07 Å². The summed E-state index contributed by atoms with van der Waals surface area (Å²) in [5.74, 6) is -5.45. The van der Waals surface area contributed by atoms with Crippen LogP contribution in [0.2, 0.25) is 0 Å². The summed E-state index contributed by atoms with van der Waals surface area (Å²) >= 11 is 0. The normalized spacial score (nSPS) is 12.2. The summed E-state index contributed by atoms with van der Waals surface area (Å²) in [4.78, 5) is 13.5. The van der Waals surface area contributed by atoms with Crippen molar-refractivity contribution >= 4 is 5.97 Å². The van der Waals surface area contributed by atoms with E-state index in [4.69, 9.17) is 0 Å². The Kier molecular flexibility index (Phi) is 4.10. The molecule has 0 atom stereocenters. The van der Waals surface area contributed by atoms with E-state index in [2.05, 4.69) is 14.5 Å². The van der Waals surface area contributed by atoms with Crippen molar-refractivity contribution in [1.82, 2.24) is 4.98 Å². The number of hydrogen-bond acceptors (Lipinski definition) is 4. The molecule has 20 heavy (non-hydrogen) atoms. The first-order chi connectivity index (χ1) is 8.95. The minimum absolute atomic E-state index is 0.241. The van der Waals surface area contributed by atoms with Crippen LogP contribution in [0.1, 0.15) is 16.1 Å². The fourth-order valence-electron chi connectivity index (χ4n) is 1.11. The molecule has 11 heteroatoms. The topological polar surface area (TPSA) is 48.4 Å². The molecular weight excluding hydrogens is 303 g/mol. The zero-order valence-electron chi connectivity index (χ0n) is 9.40. The molecule has 4 nitrogen and oxygen atoms in total. The lowest BCUT2D eigenvalue weighted by Crippen LogP contribution is -2.23. The highest BCUT2D eigenvalue weighted by atomic mass is 19.4. The van der Waals surface area contributed by atoms with Crippen LogP contribution in [0.3, 0.4) is 0 Å².